The average Bonchev–Trinajstić information content (AvgIpc) is 2.06. The van der Waals surface area contributed by atoms with Gasteiger partial charge in [0.05, 0.1) is 0 Å². The first kappa shape index (κ1) is 9.84. The van der Waals surface area contributed by atoms with Gasteiger partial charge < -0.3 is 5.32 Å². The molecule has 1 fully saturated rings. The Kier molecular flexibility index (Phi) is 2.99. The zero-order valence-electron chi connectivity index (χ0n) is 7.12. The summed E-state index contributed by atoms with van der Waals surface area (Å²) < 4.78 is 37.7. The Labute approximate surface area is 70.3 Å². The smallest absolute Gasteiger partial charge is 0.272 e. The molecule has 0 aromatic rings. The Morgan fingerprint density at radius 1 is 1.50 bits per heavy atom. The van der Waals surface area contributed by atoms with Crippen LogP contribution in [0.3, 0.4) is 0 Å². The number of hydrogen-bond donors (Lipinski definition) is 1. The van der Waals surface area contributed by atoms with Crippen molar-refractivity contribution < 1.29 is 13.2 Å². The van der Waals surface area contributed by atoms with Crippen LogP contribution in [0.5, 0.6) is 0 Å². The van der Waals surface area contributed by atoms with E-state index in [1.165, 1.54) is 0 Å². The highest BCUT2D eigenvalue weighted by Gasteiger charge is 2.43. The maximum absolute atomic E-state index is 13.3. The lowest BCUT2D eigenvalue weighted by Crippen LogP contribution is -2.45. The number of hydrogen-bond acceptors (Lipinski definition) is 1. The van der Waals surface area contributed by atoms with E-state index in [-0.39, 0.29) is 0 Å². The summed E-state index contributed by atoms with van der Waals surface area (Å²) in [6.07, 6.45) is -1.52. The lowest BCUT2D eigenvalue weighted by Gasteiger charge is -2.32. The van der Waals surface area contributed by atoms with E-state index in [0.29, 0.717) is 13.0 Å². The molecule has 1 rings (SSSR count). The maximum Gasteiger partial charge on any atom is 0.272 e. The molecule has 72 valence electrons. The van der Waals surface area contributed by atoms with Gasteiger partial charge >= 0.3 is 0 Å². The summed E-state index contributed by atoms with van der Waals surface area (Å²) in [4.78, 5) is 0. The fraction of sp³-hybridized carbons (Fsp3) is 1.00. The molecule has 1 saturated heterocycles. The second-order valence-corrected chi connectivity index (χ2v) is 3.50. The molecule has 0 radical (unpaired) electrons. The van der Waals surface area contributed by atoms with Gasteiger partial charge in [-0.2, -0.15) is 0 Å². The normalized spacial score (nSPS) is 30.2. The lowest BCUT2D eigenvalue weighted by atomic mass is 9.85. The zero-order valence-corrected chi connectivity index (χ0v) is 7.12. The van der Waals surface area contributed by atoms with Crippen LogP contribution in [0.1, 0.15) is 19.8 Å². The molecule has 0 aromatic carbocycles. The van der Waals surface area contributed by atoms with Crippen LogP contribution in [0, 0.1) is 5.92 Å². The molecule has 0 spiro atoms. The Balaban J connectivity index is 2.53. The number of piperidine rings is 1. The van der Waals surface area contributed by atoms with Crippen molar-refractivity contribution in [3.63, 3.8) is 0 Å². The number of nitrogens with one attached hydrogen (secondary N) is 1. The van der Waals surface area contributed by atoms with Crippen molar-refractivity contribution in [1.82, 2.24) is 5.32 Å². The van der Waals surface area contributed by atoms with Crippen molar-refractivity contribution in [3.05, 3.63) is 0 Å². The lowest BCUT2D eigenvalue weighted by molar-refractivity contribution is -0.0662. The molecule has 1 aliphatic heterocycles. The maximum atomic E-state index is 13.3. The van der Waals surface area contributed by atoms with Crippen LogP contribution in [-0.2, 0) is 0 Å². The van der Waals surface area contributed by atoms with Crippen LogP contribution >= 0.6 is 0 Å². The van der Waals surface area contributed by atoms with Crippen molar-refractivity contribution in [2.24, 2.45) is 5.92 Å². The Morgan fingerprint density at radius 2 is 2.17 bits per heavy atom. The highest BCUT2D eigenvalue weighted by molar-refractivity contribution is 4.88. The molecule has 0 saturated carbocycles. The Morgan fingerprint density at radius 3 is 2.58 bits per heavy atom. The van der Waals surface area contributed by atoms with E-state index < -0.39 is 18.0 Å². The molecule has 1 N–H and O–H groups in total. The van der Waals surface area contributed by atoms with Gasteiger partial charge in [-0.3, -0.25) is 0 Å². The summed E-state index contributed by atoms with van der Waals surface area (Å²) in [7, 11) is 0. The third-order valence-corrected chi connectivity index (χ3v) is 2.52. The molecule has 1 aliphatic rings. The van der Waals surface area contributed by atoms with Gasteiger partial charge in [0.25, 0.3) is 6.43 Å². The van der Waals surface area contributed by atoms with Gasteiger partial charge in [0, 0.05) is 12.5 Å². The SMILES string of the molecule is CC(F)(C(F)F)C1CCCNC1. The summed E-state index contributed by atoms with van der Waals surface area (Å²) in [6, 6.07) is 0. The molecule has 0 aromatic heterocycles. The quantitative estimate of drug-likeness (QED) is 0.686. The van der Waals surface area contributed by atoms with Gasteiger partial charge in [0.1, 0.15) is 0 Å². The number of rotatable bonds is 2. The molecule has 2 atom stereocenters. The van der Waals surface area contributed by atoms with E-state index in [2.05, 4.69) is 5.32 Å². The molecule has 0 bridgehead atoms. The third-order valence-electron chi connectivity index (χ3n) is 2.52. The van der Waals surface area contributed by atoms with Crippen LogP contribution in [0.15, 0.2) is 0 Å². The van der Waals surface area contributed by atoms with Gasteiger partial charge in [0.15, 0.2) is 5.67 Å². The number of halogens is 3. The highest BCUT2D eigenvalue weighted by Crippen LogP contribution is 2.33. The second-order valence-electron chi connectivity index (χ2n) is 3.50. The third kappa shape index (κ3) is 1.91. The first-order valence-corrected chi connectivity index (χ1v) is 4.23. The van der Waals surface area contributed by atoms with Gasteiger partial charge in [-0.15, -0.1) is 0 Å². The van der Waals surface area contributed by atoms with Gasteiger partial charge in [-0.05, 0) is 26.3 Å². The second kappa shape index (κ2) is 3.64. The number of alkyl halides is 3. The average molecular weight is 181 g/mol. The molecule has 1 heterocycles. The van der Waals surface area contributed by atoms with Crippen molar-refractivity contribution in [3.8, 4) is 0 Å². The van der Waals surface area contributed by atoms with Crippen molar-refractivity contribution in [2.75, 3.05) is 13.1 Å². The van der Waals surface area contributed by atoms with Crippen molar-refractivity contribution >= 4 is 0 Å². The van der Waals surface area contributed by atoms with E-state index in [0.717, 1.165) is 19.9 Å². The minimum Gasteiger partial charge on any atom is -0.316 e. The van der Waals surface area contributed by atoms with E-state index in [1.807, 2.05) is 0 Å². The Hall–Kier alpha value is -0.250. The largest absolute Gasteiger partial charge is 0.316 e. The fourth-order valence-electron chi connectivity index (χ4n) is 1.51. The molecule has 1 nitrogen and oxygen atoms in total. The standard InChI is InChI=1S/C8H14F3N/c1-8(11,7(9)10)6-3-2-4-12-5-6/h6-7,12H,2-5H2,1H3. The highest BCUT2D eigenvalue weighted by atomic mass is 19.3. The fourth-order valence-corrected chi connectivity index (χ4v) is 1.51. The van der Waals surface area contributed by atoms with Crippen LogP contribution < -0.4 is 5.32 Å². The molecule has 2 unspecified atom stereocenters. The monoisotopic (exact) mass is 181 g/mol. The van der Waals surface area contributed by atoms with E-state index in [1.54, 1.807) is 0 Å². The van der Waals surface area contributed by atoms with Crippen LogP contribution in [0.4, 0.5) is 13.2 Å². The van der Waals surface area contributed by atoms with Crippen LogP contribution in [-0.4, -0.2) is 25.2 Å². The topological polar surface area (TPSA) is 12.0 Å². The minimum atomic E-state index is -2.87. The molecular weight excluding hydrogens is 167 g/mol. The van der Waals surface area contributed by atoms with Crippen molar-refractivity contribution in [1.29, 1.82) is 0 Å². The van der Waals surface area contributed by atoms with Gasteiger partial charge in [-0.25, -0.2) is 13.2 Å². The molecule has 0 aliphatic carbocycles. The predicted octanol–water partition coefficient (Wildman–Crippen LogP) is 1.98. The summed E-state index contributed by atoms with van der Waals surface area (Å²) in [5.41, 5.74) is -2.33. The summed E-state index contributed by atoms with van der Waals surface area (Å²) >= 11 is 0. The van der Waals surface area contributed by atoms with Gasteiger partial charge in [-0.1, -0.05) is 0 Å². The molecule has 0 amide bonds. The van der Waals surface area contributed by atoms with Crippen LogP contribution in [0.2, 0.25) is 0 Å². The minimum absolute atomic E-state index is 0.372. The Bertz CT molecular complexity index is 141. The van der Waals surface area contributed by atoms with Crippen molar-refractivity contribution in [2.45, 2.75) is 31.9 Å². The summed E-state index contributed by atoms with van der Waals surface area (Å²) in [5, 5.41) is 2.92. The first-order chi connectivity index (χ1) is 5.55. The van der Waals surface area contributed by atoms with E-state index in [4.69, 9.17) is 0 Å². The molecular formula is C8H14F3N. The predicted molar refractivity (Wildman–Crippen MR) is 41.1 cm³/mol. The molecule has 4 heteroatoms. The molecule has 12 heavy (non-hydrogen) atoms. The summed E-state index contributed by atoms with van der Waals surface area (Å²) in [6.45, 7) is 2.18. The summed E-state index contributed by atoms with van der Waals surface area (Å²) in [5.74, 6) is -0.536. The van der Waals surface area contributed by atoms with Crippen LogP contribution in [0.25, 0.3) is 0 Å². The van der Waals surface area contributed by atoms with Gasteiger partial charge in [0.2, 0.25) is 0 Å². The van der Waals surface area contributed by atoms with E-state index >= 15 is 0 Å². The van der Waals surface area contributed by atoms with E-state index in [9.17, 15) is 13.2 Å². The first-order valence-electron chi connectivity index (χ1n) is 4.23. The zero-order chi connectivity index (χ0) is 9.19.